The number of nitrogens with zero attached hydrogens (tertiary/aromatic N) is 2. The Kier molecular flexibility index (Phi) is 5.51. The Bertz CT molecular complexity index is 561. The fourth-order valence-corrected chi connectivity index (χ4v) is 3.87. The van der Waals surface area contributed by atoms with E-state index in [1.807, 2.05) is 11.0 Å². The molecule has 2 aliphatic rings. The first-order chi connectivity index (χ1) is 11.6. The van der Waals surface area contributed by atoms with Crippen LogP contribution in [-0.2, 0) is 9.59 Å². The maximum Gasteiger partial charge on any atom is 0.223 e. The van der Waals surface area contributed by atoms with Gasteiger partial charge in [-0.25, -0.2) is 0 Å². The first-order valence-electron chi connectivity index (χ1n) is 8.78. The molecule has 2 amide bonds. The molecule has 5 heteroatoms. The number of rotatable bonds is 7. The van der Waals surface area contributed by atoms with Crippen LogP contribution in [0, 0.1) is 18.3 Å². The Hall–Kier alpha value is -1.88. The van der Waals surface area contributed by atoms with Gasteiger partial charge in [-0.05, 0) is 36.8 Å². The number of carbonyl (C=O) groups excluding carboxylic acids is 2. The van der Waals surface area contributed by atoms with Gasteiger partial charge in [0.1, 0.15) is 0 Å². The second kappa shape index (κ2) is 7.79. The van der Waals surface area contributed by atoms with Gasteiger partial charge in [0.05, 0.1) is 0 Å². The third-order valence-electron chi connectivity index (χ3n) is 5.12. The summed E-state index contributed by atoms with van der Waals surface area (Å²) in [6, 6.07) is 10.4. The lowest BCUT2D eigenvalue weighted by Gasteiger charge is -2.21. The monoisotopic (exact) mass is 328 g/mol. The molecule has 1 aromatic rings. The van der Waals surface area contributed by atoms with Crippen molar-refractivity contribution in [1.82, 2.24) is 9.80 Å². The number of benzene rings is 1. The minimum Gasteiger partial charge on any atom is -0.370 e. The first-order valence-corrected chi connectivity index (χ1v) is 8.78. The quantitative estimate of drug-likeness (QED) is 0.820. The number of amides is 2. The third kappa shape index (κ3) is 4.35. The summed E-state index contributed by atoms with van der Waals surface area (Å²) < 4.78 is 0. The minimum atomic E-state index is -0.399. The molecule has 2 fully saturated rings. The zero-order valence-corrected chi connectivity index (χ0v) is 14.1. The number of primary amides is 1. The highest BCUT2D eigenvalue weighted by Gasteiger charge is 2.40. The Morgan fingerprint density at radius 2 is 1.71 bits per heavy atom. The molecule has 3 rings (SSSR count). The third-order valence-corrected chi connectivity index (χ3v) is 5.12. The van der Waals surface area contributed by atoms with E-state index in [9.17, 15) is 9.59 Å². The minimum absolute atomic E-state index is 0.0761. The predicted molar refractivity (Wildman–Crippen MR) is 92.9 cm³/mol. The van der Waals surface area contributed by atoms with E-state index in [0.29, 0.717) is 11.8 Å². The molecule has 2 saturated heterocycles. The van der Waals surface area contributed by atoms with Gasteiger partial charge in [0.2, 0.25) is 11.8 Å². The molecule has 0 aliphatic carbocycles. The Morgan fingerprint density at radius 3 is 2.33 bits per heavy atom. The molecule has 0 aromatic heterocycles. The topological polar surface area (TPSA) is 66.6 Å². The van der Waals surface area contributed by atoms with Gasteiger partial charge < -0.3 is 15.5 Å². The van der Waals surface area contributed by atoms with Crippen LogP contribution in [0.3, 0.4) is 0 Å². The van der Waals surface area contributed by atoms with Crippen molar-refractivity contribution in [3.63, 3.8) is 0 Å². The second-order valence-electron chi connectivity index (χ2n) is 6.95. The molecule has 2 N–H and O–H groups in total. The zero-order chi connectivity index (χ0) is 16.9. The SMILES string of the molecule is NC(=O)CCC(=O)N1CC2CN(CC[CH]c3ccccc3)C[C@H]2C1. The summed E-state index contributed by atoms with van der Waals surface area (Å²) in [6.07, 6.45) is 3.76. The molecule has 1 aromatic carbocycles. The van der Waals surface area contributed by atoms with E-state index in [2.05, 4.69) is 35.6 Å². The normalized spacial score (nSPS) is 23.4. The largest absolute Gasteiger partial charge is 0.370 e. The molecule has 129 valence electrons. The van der Waals surface area contributed by atoms with E-state index in [4.69, 9.17) is 5.73 Å². The Morgan fingerprint density at radius 1 is 1.04 bits per heavy atom. The van der Waals surface area contributed by atoms with E-state index >= 15 is 0 Å². The van der Waals surface area contributed by atoms with Crippen molar-refractivity contribution in [2.75, 3.05) is 32.7 Å². The van der Waals surface area contributed by atoms with Gasteiger partial charge >= 0.3 is 0 Å². The molecular formula is C19H26N3O2. The van der Waals surface area contributed by atoms with Crippen LogP contribution >= 0.6 is 0 Å². The number of hydrogen-bond donors (Lipinski definition) is 1. The predicted octanol–water partition coefficient (Wildman–Crippen LogP) is 1.28. The maximum atomic E-state index is 12.1. The average molecular weight is 328 g/mol. The number of fused-ring (bicyclic) bond motifs is 1. The average Bonchev–Trinajstić information content (AvgIpc) is 3.12. The van der Waals surface area contributed by atoms with Crippen LogP contribution in [-0.4, -0.2) is 54.3 Å². The summed E-state index contributed by atoms with van der Waals surface area (Å²) in [6.45, 7) is 4.90. The molecule has 0 bridgehead atoms. The fraction of sp³-hybridized carbons (Fsp3) is 0.526. The molecule has 2 aliphatic heterocycles. The molecule has 2 heterocycles. The van der Waals surface area contributed by atoms with Crippen LogP contribution in [0.15, 0.2) is 30.3 Å². The van der Waals surface area contributed by atoms with Crippen molar-refractivity contribution >= 4 is 11.8 Å². The Labute approximate surface area is 143 Å². The van der Waals surface area contributed by atoms with Gasteiger partial charge in [0, 0.05) is 39.0 Å². The number of hydrogen-bond acceptors (Lipinski definition) is 3. The smallest absolute Gasteiger partial charge is 0.223 e. The van der Waals surface area contributed by atoms with Crippen molar-refractivity contribution in [2.24, 2.45) is 17.6 Å². The fourth-order valence-electron chi connectivity index (χ4n) is 3.87. The number of likely N-dealkylation sites (tertiary alicyclic amines) is 2. The van der Waals surface area contributed by atoms with Crippen LogP contribution in [0.4, 0.5) is 0 Å². The van der Waals surface area contributed by atoms with E-state index in [1.165, 1.54) is 5.56 Å². The highest BCUT2D eigenvalue weighted by Crippen LogP contribution is 2.31. The van der Waals surface area contributed by atoms with E-state index < -0.39 is 5.91 Å². The molecular weight excluding hydrogens is 302 g/mol. The maximum absolute atomic E-state index is 12.1. The molecule has 1 radical (unpaired) electrons. The van der Waals surface area contributed by atoms with Gasteiger partial charge in [-0.3, -0.25) is 9.59 Å². The van der Waals surface area contributed by atoms with Gasteiger partial charge in [0.15, 0.2) is 0 Å². The highest BCUT2D eigenvalue weighted by atomic mass is 16.2. The van der Waals surface area contributed by atoms with Crippen molar-refractivity contribution < 1.29 is 9.59 Å². The van der Waals surface area contributed by atoms with Crippen molar-refractivity contribution in [3.8, 4) is 0 Å². The molecule has 2 atom stereocenters. The van der Waals surface area contributed by atoms with E-state index in [0.717, 1.165) is 39.1 Å². The summed E-state index contributed by atoms with van der Waals surface area (Å²) in [5.41, 5.74) is 6.40. The second-order valence-corrected chi connectivity index (χ2v) is 6.95. The van der Waals surface area contributed by atoms with Crippen LogP contribution in [0.5, 0.6) is 0 Å². The summed E-state index contributed by atoms with van der Waals surface area (Å²) in [5.74, 6) is 0.842. The van der Waals surface area contributed by atoms with E-state index in [1.54, 1.807) is 0 Å². The summed E-state index contributed by atoms with van der Waals surface area (Å²) in [4.78, 5) is 27.3. The van der Waals surface area contributed by atoms with Gasteiger partial charge in [-0.2, -0.15) is 0 Å². The van der Waals surface area contributed by atoms with Gasteiger partial charge in [-0.15, -0.1) is 0 Å². The van der Waals surface area contributed by atoms with Crippen molar-refractivity contribution in [1.29, 1.82) is 0 Å². The summed E-state index contributed by atoms with van der Waals surface area (Å²) in [5, 5.41) is 0. The lowest BCUT2D eigenvalue weighted by molar-refractivity contribution is -0.132. The molecule has 0 spiro atoms. The summed E-state index contributed by atoms with van der Waals surface area (Å²) >= 11 is 0. The number of carbonyl (C=O) groups is 2. The molecule has 5 nitrogen and oxygen atoms in total. The standard InChI is InChI=1S/C19H26N3O2/c20-18(23)8-9-19(24)22-13-16-11-21(12-17(16)14-22)10-4-7-15-5-2-1-3-6-15/h1-3,5-7,16-17H,4,8-14H2,(H2,20,23)/t16-,17?/m0/s1. The highest BCUT2D eigenvalue weighted by molar-refractivity contribution is 5.83. The van der Waals surface area contributed by atoms with Crippen molar-refractivity contribution in [2.45, 2.75) is 19.3 Å². The summed E-state index contributed by atoms with van der Waals surface area (Å²) in [7, 11) is 0. The van der Waals surface area contributed by atoms with E-state index in [-0.39, 0.29) is 18.7 Å². The van der Waals surface area contributed by atoms with Crippen molar-refractivity contribution in [3.05, 3.63) is 42.3 Å². The molecule has 1 unspecified atom stereocenters. The number of nitrogens with two attached hydrogens (primary N) is 1. The molecule has 24 heavy (non-hydrogen) atoms. The van der Waals surface area contributed by atoms with Crippen LogP contribution < -0.4 is 5.73 Å². The van der Waals surface area contributed by atoms with Gasteiger partial charge in [-0.1, -0.05) is 30.3 Å². The lowest BCUT2D eigenvalue weighted by atomic mass is 10.0. The Balaban J connectivity index is 1.37. The zero-order valence-electron chi connectivity index (χ0n) is 14.1. The van der Waals surface area contributed by atoms with Gasteiger partial charge in [0.25, 0.3) is 0 Å². The van der Waals surface area contributed by atoms with Crippen LogP contribution in [0.1, 0.15) is 24.8 Å². The molecule has 0 saturated carbocycles. The van der Waals surface area contributed by atoms with Crippen LogP contribution in [0.25, 0.3) is 0 Å². The van der Waals surface area contributed by atoms with Crippen LogP contribution in [0.2, 0.25) is 0 Å². The lowest BCUT2D eigenvalue weighted by Crippen LogP contribution is -2.34. The first kappa shape index (κ1) is 17.0.